The summed E-state index contributed by atoms with van der Waals surface area (Å²) in [5.41, 5.74) is 8.30. The molecule has 9 nitrogen and oxygen atoms in total. The second-order valence-electron chi connectivity index (χ2n) is 14.1. The average molecular weight is 710 g/mol. The number of hydrogen-bond acceptors (Lipinski definition) is 4. The van der Waals surface area contributed by atoms with E-state index in [9.17, 15) is 18.0 Å². The van der Waals surface area contributed by atoms with Crippen LogP contribution in [0, 0.1) is 6.92 Å². The Bertz CT molecular complexity index is 2000. The van der Waals surface area contributed by atoms with Crippen LogP contribution in [-0.4, -0.2) is 64.6 Å². The lowest BCUT2D eigenvalue weighted by Gasteiger charge is -2.36. The lowest BCUT2D eigenvalue weighted by Crippen LogP contribution is -2.43. The Morgan fingerprint density at radius 1 is 0.843 bits per heavy atom. The highest BCUT2D eigenvalue weighted by Gasteiger charge is 2.33. The molecule has 2 aliphatic heterocycles. The first kappa shape index (κ1) is 36.4. The monoisotopic (exact) mass is 709 g/mol. The van der Waals surface area contributed by atoms with Gasteiger partial charge in [-0.05, 0) is 92.1 Å². The zero-order valence-electron chi connectivity index (χ0n) is 30.6. The molecule has 10 heteroatoms. The number of rotatable bonds is 12. The van der Waals surface area contributed by atoms with Crippen LogP contribution in [0.25, 0.3) is 11.3 Å². The van der Waals surface area contributed by atoms with E-state index in [2.05, 4.69) is 43.7 Å². The third-order valence-corrected chi connectivity index (χ3v) is 12.1. The summed E-state index contributed by atoms with van der Waals surface area (Å²) < 4.78 is 33.2. The second-order valence-corrected chi connectivity index (χ2v) is 15.7. The van der Waals surface area contributed by atoms with E-state index in [1.807, 2.05) is 58.7 Å². The number of hydrogen-bond donors (Lipinski definition) is 1. The maximum atomic E-state index is 14.8. The topological polar surface area (TPSA) is 95.0 Å². The highest BCUT2D eigenvalue weighted by molar-refractivity contribution is 7.90. The number of benzene rings is 3. The van der Waals surface area contributed by atoms with Crippen molar-refractivity contribution in [3.8, 4) is 11.3 Å². The summed E-state index contributed by atoms with van der Waals surface area (Å²) >= 11 is 0. The summed E-state index contributed by atoms with van der Waals surface area (Å²) in [7, 11) is -1.88. The summed E-state index contributed by atoms with van der Waals surface area (Å²) in [6.07, 6.45) is 5.17. The van der Waals surface area contributed by atoms with E-state index in [0.717, 1.165) is 65.7 Å². The van der Waals surface area contributed by atoms with Gasteiger partial charge >= 0.3 is 10.2 Å². The Hall–Kier alpha value is -4.41. The zero-order valence-corrected chi connectivity index (χ0v) is 31.4. The first-order valence-corrected chi connectivity index (χ1v) is 19.8. The number of fused-ring (bicyclic) bond motifs is 2. The number of aromatic nitrogens is 1. The minimum absolute atomic E-state index is 0.0233. The molecule has 0 saturated carbocycles. The molecule has 4 aromatic rings. The predicted octanol–water partition coefficient (Wildman–Crippen LogP) is 7.34. The van der Waals surface area contributed by atoms with E-state index in [1.54, 1.807) is 24.3 Å². The van der Waals surface area contributed by atoms with Crippen molar-refractivity contribution in [2.24, 2.45) is 7.05 Å². The van der Waals surface area contributed by atoms with Crippen molar-refractivity contribution in [3.05, 3.63) is 112 Å². The number of para-hydroxylation sites is 1. The van der Waals surface area contributed by atoms with Crippen LogP contribution in [0.15, 0.2) is 72.8 Å². The van der Waals surface area contributed by atoms with Crippen LogP contribution in [0.5, 0.6) is 0 Å². The van der Waals surface area contributed by atoms with Crippen LogP contribution >= 0.6 is 0 Å². The molecular weight excluding hydrogens is 659 g/mol. The number of carbonyl (C=O) groups excluding carboxylic acids is 2. The normalized spacial score (nSPS) is 16.0. The second kappa shape index (κ2) is 15.5. The molecule has 0 saturated heterocycles. The Balaban J connectivity index is 1.41. The molecule has 3 heterocycles. The third kappa shape index (κ3) is 7.62. The highest BCUT2D eigenvalue weighted by atomic mass is 32.2. The number of carbonyl (C=O) groups is 2. The summed E-state index contributed by atoms with van der Waals surface area (Å²) in [4.78, 5) is 32.8. The standard InChI is InChI=1S/C41H51N5O4S/c1-6-8-20-44(21-9-7-2)40(47)36-26-39(43(5)30(36)4)37-24-32-19-22-45(51(49,50)42-35-17-11-10-12-18-35)27-34(32)25-38(37)41(48)46-28-33-16-14-13-15-31(33)23-29(46)3/h10-18,24-26,29,42H,6-9,19-23,27-28H2,1-5H3/t29-/m1/s1. The van der Waals surface area contributed by atoms with Gasteiger partial charge in [-0.15, -0.1) is 0 Å². The lowest BCUT2D eigenvalue weighted by atomic mass is 9.90. The first-order valence-electron chi connectivity index (χ1n) is 18.3. The molecule has 1 aromatic heterocycles. The van der Waals surface area contributed by atoms with Gasteiger partial charge < -0.3 is 14.4 Å². The van der Waals surface area contributed by atoms with Crippen LogP contribution < -0.4 is 4.72 Å². The maximum absolute atomic E-state index is 14.8. The van der Waals surface area contributed by atoms with Crippen molar-refractivity contribution in [3.63, 3.8) is 0 Å². The van der Waals surface area contributed by atoms with E-state index in [0.29, 0.717) is 49.4 Å². The van der Waals surface area contributed by atoms with E-state index in [4.69, 9.17) is 0 Å². The highest BCUT2D eigenvalue weighted by Crippen LogP contribution is 2.36. The fourth-order valence-corrected chi connectivity index (χ4v) is 8.56. The Morgan fingerprint density at radius 3 is 2.20 bits per heavy atom. The molecule has 0 spiro atoms. The lowest BCUT2D eigenvalue weighted by molar-refractivity contribution is 0.0658. The fourth-order valence-electron chi connectivity index (χ4n) is 7.36. The quantitative estimate of drug-likeness (QED) is 0.167. The van der Waals surface area contributed by atoms with Gasteiger partial charge in [0.25, 0.3) is 11.8 Å². The molecule has 0 fully saturated rings. The van der Waals surface area contributed by atoms with Gasteiger partial charge in [-0.3, -0.25) is 14.3 Å². The van der Waals surface area contributed by atoms with Gasteiger partial charge in [0.05, 0.1) is 5.56 Å². The van der Waals surface area contributed by atoms with E-state index in [-0.39, 0.29) is 24.4 Å². The van der Waals surface area contributed by atoms with Crippen LogP contribution in [0.1, 0.15) is 95.1 Å². The van der Waals surface area contributed by atoms with Gasteiger partial charge in [-0.25, -0.2) is 0 Å². The summed E-state index contributed by atoms with van der Waals surface area (Å²) in [5.74, 6) is -0.0773. The molecule has 270 valence electrons. The molecule has 0 unspecified atom stereocenters. The van der Waals surface area contributed by atoms with Crippen molar-refractivity contribution in [2.75, 3.05) is 24.4 Å². The maximum Gasteiger partial charge on any atom is 0.301 e. The molecule has 6 rings (SSSR count). The van der Waals surface area contributed by atoms with Gasteiger partial charge in [0, 0.05) is 74.0 Å². The van der Waals surface area contributed by atoms with E-state index < -0.39 is 10.2 Å². The summed E-state index contributed by atoms with van der Waals surface area (Å²) in [6, 6.07) is 23.0. The molecule has 1 N–H and O–H groups in total. The van der Waals surface area contributed by atoms with E-state index in [1.165, 1.54) is 9.87 Å². The van der Waals surface area contributed by atoms with E-state index >= 15 is 0 Å². The SMILES string of the molecule is CCCCN(CCCC)C(=O)c1cc(-c2cc3c(cc2C(=O)N2Cc4ccccc4C[C@H]2C)CN(S(=O)(=O)Nc2ccccc2)CC3)n(C)c1C. The number of nitrogens with zero attached hydrogens (tertiary/aromatic N) is 4. The predicted molar refractivity (Wildman–Crippen MR) is 204 cm³/mol. The summed E-state index contributed by atoms with van der Waals surface area (Å²) in [6.45, 7) is 10.7. The van der Waals surface area contributed by atoms with Crippen LogP contribution in [-0.2, 0) is 43.2 Å². The number of amides is 2. The molecule has 3 aromatic carbocycles. The molecule has 0 aliphatic carbocycles. The first-order chi connectivity index (χ1) is 24.5. The number of nitrogens with one attached hydrogen (secondary N) is 1. The van der Waals surface area contributed by atoms with Crippen molar-refractivity contribution in [1.82, 2.24) is 18.7 Å². The summed E-state index contributed by atoms with van der Waals surface area (Å²) in [5, 5.41) is 0. The third-order valence-electron chi connectivity index (χ3n) is 10.6. The van der Waals surface area contributed by atoms with Crippen LogP contribution in [0.3, 0.4) is 0 Å². The average Bonchev–Trinajstić information content (AvgIpc) is 3.43. The molecule has 0 radical (unpaired) electrons. The molecule has 51 heavy (non-hydrogen) atoms. The van der Waals surface area contributed by atoms with Gasteiger partial charge in [0.2, 0.25) is 0 Å². The molecular formula is C41H51N5O4S. The Kier molecular flexibility index (Phi) is 11.0. The van der Waals surface area contributed by atoms with Gasteiger partial charge in [0.15, 0.2) is 0 Å². The molecule has 2 aliphatic rings. The van der Waals surface area contributed by atoms with Crippen molar-refractivity contribution in [1.29, 1.82) is 0 Å². The van der Waals surface area contributed by atoms with Crippen molar-refractivity contribution in [2.45, 2.75) is 85.4 Å². The molecule has 2 amide bonds. The number of unbranched alkanes of at least 4 members (excludes halogenated alkanes) is 2. The van der Waals surface area contributed by atoms with Gasteiger partial charge in [-0.2, -0.15) is 12.7 Å². The minimum Gasteiger partial charge on any atom is -0.347 e. The number of anilines is 1. The van der Waals surface area contributed by atoms with Crippen LogP contribution in [0.2, 0.25) is 0 Å². The van der Waals surface area contributed by atoms with Crippen molar-refractivity contribution < 1.29 is 18.0 Å². The van der Waals surface area contributed by atoms with Gasteiger partial charge in [0.1, 0.15) is 0 Å². The molecule has 1 atom stereocenters. The molecule has 0 bridgehead atoms. The zero-order chi connectivity index (χ0) is 36.3. The van der Waals surface area contributed by atoms with Gasteiger partial charge in [-0.1, -0.05) is 69.2 Å². The smallest absolute Gasteiger partial charge is 0.301 e. The Morgan fingerprint density at radius 2 is 1.51 bits per heavy atom. The Labute approximate surface area is 303 Å². The largest absolute Gasteiger partial charge is 0.347 e. The minimum atomic E-state index is -3.84. The van der Waals surface area contributed by atoms with Crippen molar-refractivity contribution >= 4 is 27.7 Å². The fraction of sp³-hybridized carbons (Fsp3) is 0.415. The van der Waals surface area contributed by atoms with Crippen LogP contribution in [0.4, 0.5) is 5.69 Å².